The van der Waals surface area contributed by atoms with Crippen LogP contribution in [-0.2, 0) is 0 Å². The van der Waals surface area contributed by atoms with Crippen LogP contribution in [0.1, 0.15) is 6.92 Å². The van der Waals surface area contributed by atoms with Gasteiger partial charge in [0.05, 0.1) is 0 Å². The molecule has 2 N–H and O–H groups in total. The third-order valence-electron chi connectivity index (χ3n) is 1.62. The summed E-state index contributed by atoms with van der Waals surface area (Å²) in [5, 5.41) is 9.47. The normalized spacial score (nSPS) is 10.9. The van der Waals surface area contributed by atoms with Crippen LogP contribution in [0.3, 0.4) is 0 Å². The van der Waals surface area contributed by atoms with Gasteiger partial charge in [0, 0.05) is 6.07 Å². The molecule has 2 rings (SSSR count). The largest absolute Gasteiger partial charge is 0.506 e. The number of hydrogen-bond acceptors (Lipinski definition) is 5. The highest BCUT2D eigenvalue weighted by Crippen LogP contribution is 2.32. The molecule has 74 valence electrons. The third kappa shape index (κ3) is 1.62. The molecule has 0 aliphatic heterocycles. The van der Waals surface area contributed by atoms with E-state index in [-0.39, 0.29) is 11.3 Å². The van der Waals surface area contributed by atoms with Crippen LogP contribution in [0.25, 0.3) is 10.3 Å². The van der Waals surface area contributed by atoms with Crippen LogP contribution >= 0.6 is 23.1 Å². The minimum Gasteiger partial charge on any atom is -0.506 e. The first-order valence-electron chi connectivity index (χ1n) is 4.06. The van der Waals surface area contributed by atoms with Crippen molar-refractivity contribution in [2.75, 3.05) is 5.75 Å². The Bertz CT molecular complexity index is 518. The second-order valence-electron chi connectivity index (χ2n) is 2.61. The van der Waals surface area contributed by atoms with E-state index in [2.05, 4.69) is 9.97 Å². The first kappa shape index (κ1) is 9.54. The molecule has 2 aromatic rings. The summed E-state index contributed by atoms with van der Waals surface area (Å²) in [4.78, 5) is 17.8. The number of thioether (sulfide) groups is 1. The molecule has 14 heavy (non-hydrogen) atoms. The maximum Gasteiger partial charge on any atom is 0.253 e. The Labute approximate surface area is 88.0 Å². The number of H-pyrrole nitrogens is 1. The minimum absolute atomic E-state index is 0.00389. The van der Waals surface area contributed by atoms with Crippen molar-refractivity contribution in [3.63, 3.8) is 0 Å². The lowest BCUT2D eigenvalue weighted by atomic mass is 10.4. The standard InChI is InChI=1S/C8H8N2O2S2/c1-2-13-8-10-7-6(14-8)4(11)3-5(12)9-7/h3H,2H2,1H3,(H2,9,11,12). The second kappa shape index (κ2) is 3.62. The first-order chi connectivity index (χ1) is 6.70. The summed E-state index contributed by atoms with van der Waals surface area (Å²) in [5.41, 5.74) is 0.143. The van der Waals surface area contributed by atoms with Gasteiger partial charge >= 0.3 is 0 Å². The van der Waals surface area contributed by atoms with Crippen LogP contribution in [0.15, 0.2) is 15.2 Å². The summed E-state index contributed by atoms with van der Waals surface area (Å²) < 4.78 is 1.50. The van der Waals surface area contributed by atoms with E-state index in [9.17, 15) is 9.90 Å². The second-order valence-corrected chi connectivity index (χ2v) is 5.12. The SMILES string of the molecule is CCSc1nc2[nH]c(=O)cc(O)c2s1. The van der Waals surface area contributed by atoms with Crippen molar-refractivity contribution in [1.82, 2.24) is 9.97 Å². The van der Waals surface area contributed by atoms with E-state index in [1.54, 1.807) is 11.8 Å². The Hall–Kier alpha value is -1.01. The predicted molar refractivity (Wildman–Crippen MR) is 58.3 cm³/mol. The van der Waals surface area contributed by atoms with Gasteiger partial charge in [-0.25, -0.2) is 4.98 Å². The van der Waals surface area contributed by atoms with Crippen molar-refractivity contribution < 1.29 is 5.11 Å². The predicted octanol–water partition coefficient (Wildman–Crippen LogP) is 1.80. The maximum atomic E-state index is 11.0. The van der Waals surface area contributed by atoms with Gasteiger partial charge in [0.15, 0.2) is 9.99 Å². The molecule has 0 saturated heterocycles. The minimum atomic E-state index is -0.326. The first-order valence-corrected chi connectivity index (χ1v) is 5.86. The number of aromatic nitrogens is 2. The number of fused-ring (bicyclic) bond motifs is 1. The number of thiazole rings is 1. The number of pyridine rings is 1. The fraction of sp³-hybridized carbons (Fsp3) is 0.250. The molecule has 2 heterocycles. The van der Waals surface area contributed by atoms with Gasteiger partial charge in [-0.15, -0.1) is 11.3 Å². The zero-order chi connectivity index (χ0) is 10.1. The number of rotatable bonds is 2. The van der Waals surface area contributed by atoms with E-state index in [1.807, 2.05) is 6.92 Å². The van der Waals surface area contributed by atoms with Crippen molar-refractivity contribution in [3.8, 4) is 5.75 Å². The van der Waals surface area contributed by atoms with Gasteiger partial charge in [0.25, 0.3) is 5.56 Å². The molecule has 0 radical (unpaired) electrons. The molecule has 0 atom stereocenters. The van der Waals surface area contributed by atoms with E-state index in [4.69, 9.17) is 0 Å². The van der Waals surface area contributed by atoms with Crippen LogP contribution in [0.5, 0.6) is 5.75 Å². The third-order valence-corrected chi connectivity index (χ3v) is 3.72. The molecular weight excluding hydrogens is 220 g/mol. The van der Waals surface area contributed by atoms with Gasteiger partial charge in [-0.1, -0.05) is 18.7 Å². The molecule has 0 unspecified atom stereocenters. The van der Waals surface area contributed by atoms with Crippen LogP contribution in [-0.4, -0.2) is 20.8 Å². The Balaban J connectivity index is 2.64. The molecule has 2 aromatic heterocycles. The molecular formula is C8H8N2O2S2. The average molecular weight is 228 g/mol. The van der Waals surface area contributed by atoms with E-state index in [1.165, 1.54) is 17.4 Å². The Morgan fingerprint density at radius 2 is 2.50 bits per heavy atom. The summed E-state index contributed by atoms with van der Waals surface area (Å²) in [6, 6.07) is 1.17. The lowest BCUT2D eigenvalue weighted by molar-refractivity contribution is 0.481. The van der Waals surface area contributed by atoms with E-state index >= 15 is 0 Å². The number of hydrogen-bond donors (Lipinski definition) is 2. The average Bonchev–Trinajstić information content (AvgIpc) is 2.48. The molecule has 0 saturated carbocycles. The topological polar surface area (TPSA) is 66.0 Å². The zero-order valence-corrected chi connectivity index (χ0v) is 9.04. The van der Waals surface area contributed by atoms with Crippen LogP contribution in [0.2, 0.25) is 0 Å². The molecule has 0 bridgehead atoms. The number of aromatic hydroxyl groups is 1. The highest BCUT2D eigenvalue weighted by atomic mass is 32.2. The molecule has 0 aromatic carbocycles. The van der Waals surface area contributed by atoms with E-state index < -0.39 is 0 Å². The van der Waals surface area contributed by atoms with Crippen molar-refractivity contribution in [2.24, 2.45) is 0 Å². The van der Waals surface area contributed by atoms with E-state index in [0.717, 1.165) is 10.1 Å². The molecule has 4 nitrogen and oxygen atoms in total. The lowest BCUT2D eigenvalue weighted by Gasteiger charge is -1.89. The molecule has 6 heteroatoms. The Kier molecular flexibility index (Phi) is 2.47. The molecule has 0 aliphatic rings. The van der Waals surface area contributed by atoms with Gasteiger partial charge in [0.1, 0.15) is 10.4 Å². The monoisotopic (exact) mass is 228 g/mol. The molecule has 0 spiro atoms. The van der Waals surface area contributed by atoms with Crippen molar-refractivity contribution in [1.29, 1.82) is 0 Å². The van der Waals surface area contributed by atoms with Crippen molar-refractivity contribution in [3.05, 3.63) is 16.4 Å². The van der Waals surface area contributed by atoms with Crippen LogP contribution < -0.4 is 5.56 Å². The molecule has 0 aliphatic carbocycles. The van der Waals surface area contributed by atoms with Gasteiger partial charge < -0.3 is 10.1 Å². The van der Waals surface area contributed by atoms with Gasteiger partial charge in [0.2, 0.25) is 0 Å². The fourth-order valence-electron chi connectivity index (χ4n) is 1.09. The number of nitrogens with one attached hydrogen (secondary N) is 1. The van der Waals surface area contributed by atoms with Gasteiger partial charge in [-0.3, -0.25) is 4.79 Å². The molecule has 0 fully saturated rings. The highest BCUT2D eigenvalue weighted by Gasteiger charge is 2.08. The van der Waals surface area contributed by atoms with Crippen LogP contribution in [0, 0.1) is 0 Å². The van der Waals surface area contributed by atoms with Crippen molar-refractivity contribution in [2.45, 2.75) is 11.3 Å². The summed E-state index contributed by atoms with van der Waals surface area (Å²) in [6.45, 7) is 2.03. The van der Waals surface area contributed by atoms with Gasteiger partial charge in [-0.05, 0) is 5.75 Å². The smallest absolute Gasteiger partial charge is 0.253 e. The lowest BCUT2D eigenvalue weighted by Crippen LogP contribution is -2.02. The Morgan fingerprint density at radius 3 is 3.21 bits per heavy atom. The Morgan fingerprint density at radius 1 is 1.71 bits per heavy atom. The highest BCUT2D eigenvalue weighted by molar-refractivity contribution is 8.01. The summed E-state index contributed by atoms with van der Waals surface area (Å²) in [5.74, 6) is 0.925. The van der Waals surface area contributed by atoms with Crippen LogP contribution in [0.4, 0.5) is 0 Å². The summed E-state index contributed by atoms with van der Waals surface area (Å²) in [6.07, 6.45) is 0. The summed E-state index contributed by atoms with van der Waals surface area (Å²) in [7, 11) is 0. The summed E-state index contributed by atoms with van der Waals surface area (Å²) >= 11 is 2.98. The molecule has 0 amide bonds. The number of aromatic amines is 1. The fourth-order valence-corrected chi connectivity index (χ4v) is 3.00. The maximum absolute atomic E-state index is 11.0. The van der Waals surface area contributed by atoms with Gasteiger partial charge in [-0.2, -0.15) is 0 Å². The number of nitrogens with zero attached hydrogens (tertiary/aromatic N) is 1. The van der Waals surface area contributed by atoms with Crippen molar-refractivity contribution >= 4 is 33.4 Å². The zero-order valence-electron chi connectivity index (χ0n) is 7.40. The van der Waals surface area contributed by atoms with E-state index in [0.29, 0.717) is 10.3 Å². The quantitative estimate of drug-likeness (QED) is 0.769.